The summed E-state index contributed by atoms with van der Waals surface area (Å²) in [5.41, 5.74) is 5.40. The Kier molecular flexibility index (Phi) is 8.73. The first-order valence-corrected chi connectivity index (χ1v) is 19.2. The summed E-state index contributed by atoms with van der Waals surface area (Å²) in [7, 11) is -7.59. The van der Waals surface area contributed by atoms with E-state index in [0.29, 0.717) is 10.7 Å². The highest BCUT2D eigenvalue weighted by Gasteiger charge is 2.38. The van der Waals surface area contributed by atoms with Gasteiger partial charge in [-0.05, 0) is 60.0 Å². The number of hydrogen-bond donors (Lipinski definition) is 4. The van der Waals surface area contributed by atoms with Gasteiger partial charge in [-0.1, -0.05) is 84.6 Å². The lowest BCUT2D eigenvalue weighted by atomic mass is 10.1. The molecule has 250 valence electrons. The number of ether oxygens (including phenoxy) is 1. The average molecular weight is 715 g/mol. The van der Waals surface area contributed by atoms with Gasteiger partial charge in [0, 0.05) is 33.8 Å². The van der Waals surface area contributed by atoms with Gasteiger partial charge in [0.05, 0.1) is 21.4 Å². The van der Waals surface area contributed by atoms with E-state index in [4.69, 9.17) is 4.74 Å². The van der Waals surface area contributed by atoms with Gasteiger partial charge in [-0.15, -0.1) is 10.6 Å². The molecule has 0 saturated carbocycles. The summed E-state index contributed by atoms with van der Waals surface area (Å²) in [6.07, 6.45) is 5.31. The Morgan fingerprint density at radius 3 is 2.20 bits per heavy atom. The van der Waals surface area contributed by atoms with Crippen LogP contribution in [0.15, 0.2) is 135 Å². The van der Waals surface area contributed by atoms with Crippen LogP contribution in [0.3, 0.4) is 0 Å². The Bertz CT molecular complexity index is 2170. The lowest BCUT2D eigenvalue weighted by Gasteiger charge is -2.27. The molecule has 4 aromatic rings. The van der Waals surface area contributed by atoms with Gasteiger partial charge in [0.15, 0.2) is 6.10 Å². The molecule has 0 spiro atoms. The largest absolute Gasteiger partial charge is 0.436 e. The van der Waals surface area contributed by atoms with Crippen LogP contribution in [-0.4, -0.2) is 46.3 Å². The Balaban J connectivity index is 1.09. The zero-order chi connectivity index (χ0) is 34.3. The highest BCUT2D eigenvalue weighted by atomic mass is 32.3. The van der Waals surface area contributed by atoms with E-state index in [1.165, 1.54) is 23.9 Å². The number of thioether (sulfide) groups is 1. The molecule has 49 heavy (non-hydrogen) atoms. The third kappa shape index (κ3) is 6.44. The number of carbonyl (C=O) groups excluding carboxylic acids is 2. The number of Topliss-reactive ketones (excluding diaryl/α,β-unsaturated/α-hetero) is 1. The Labute approximate surface area is 288 Å². The van der Waals surface area contributed by atoms with E-state index in [0.717, 1.165) is 32.8 Å². The molecule has 4 N–H and O–H groups in total. The Morgan fingerprint density at radius 1 is 0.898 bits per heavy atom. The van der Waals surface area contributed by atoms with Crippen LogP contribution in [0.4, 0.5) is 16.2 Å². The van der Waals surface area contributed by atoms with Crippen LogP contribution < -0.4 is 10.2 Å². The van der Waals surface area contributed by atoms with Crippen LogP contribution in [0.5, 0.6) is 0 Å². The maximum atomic E-state index is 13.2. The second-order valence-corrected chi connectivity index (χ2v) is 16.1. The van der Waals surface area contributed by atoms with Gasteiger partial charge < -0.3 is 9.64 Å². The van der Waals surface area contributed by atoms with Crippen LogP contribution in [0, 0.1) is 0 Å². The van der Waals surface area contributed by atoms with Crippen molar-refractivity contribution in [3.05, 3.63) is 142 Å². The van der Waals surface area contributed by atoms with E-state index >= 15 is 0 Å². The molecule has 13 heteroatoms. The summed E-state index contributed by atoms with van der Waals surface area (Å²) in [5.74, 6) is -0.861. The van der Waals surface area contributed by atoms with Crippen LogP contribution in [0.25, 0.3) is 11.1 Å². The van der Waals surface area contributed by atoms with E-state index in [2.05, 4.69) is 5.32 Å². The number of nitrogens with zero attached hydrogens (tertiary/aromatic N) is 1. The van der Waals surface area contributed by atoms with Crippen molar-refractivity contribution in [2.45, 2.75) is 22.3 Å². The summed E-state index contributed by atoms with van der Waals surface area (Å²) in [4.78, 5) is 28.8. The standard InChI is InChI=1S/C36H30N2O8S3/c39-34-28-14-5-6-15-31(28)49(44,45)32(34)16-7-8-17-33-38(20-9-21-48(41,42)43)29-19-18-23(22-30(29)47-33)37-36(40)46-35-26-12-3-1-10-24(26)25-11-2-4-13-27(25)35/h1-8,10-19,22,35,44-45H,9,20-21H2,(H,37,40)(H,41,42,43). The van der Waals surface area contributed by atoms with E-state index < -0.39 is 44.4 Å². The number of rotatable bonds is 8. The predicted octanol–water partition coefficient (Wildman–Crippen LogP) is 8.48. The van der Waals surface area contributed by atoms with Gasteiger partial charge in [0.25, 0.3) is 10.1 Å². The fraction of sp³-hybridized carbons (Fsp3) is 0.111. The molecule has 1 amide bonds. The zero-order valence-electron chi connectivity index (χ0n) is 25.7. The molecule has 0 saturated heterocycles. The highest BCUT2D eigenvalue weighted by molar-refractivity contribution is 8.28. The number of allylic oxidation sites excluding steroid dienone is 5. The van der Waals surface area contributed by atoms with E-state index in [1.807, 2.05) is 59.5 Å². The SMILES string of the molecule is O=C(Nc1ccc2c(c1)SC(=CC=CC=C1C(=O)c3ccccc3S1(O)O)N2CCCS(=O)(=O)O)OC1c2ccccc2-c2ccccc21. The minimum Gasteiger partial charge on any atom is -0.436 e. The number of anilines is 2. The maximum absolute atomic E-state index is 13.2. The average Bonchev–Trinajstić information content (AvgIpc) is 3.64. The molecule has 0 unspecified atom stereocenters. The van der Waals surface area contributed by atoms with Crippen LogP contribution in [-0.2, 0) is 14.9 Å². The van der Waals surface area contributed by atoms with Crippen LogP contribution in [0.2, 0.25) is 0 Å². The zero-order valence-corrected chi connectivity index (χ0v) is 28.2. The van der Waals surface area contributed by atoms with Crippen molar-refractivity contribution in [3.8, 4) is 11.1 Å². The van der Waals surface area contributed by atoms with Crippen LogP contribution >= 0.6 is 22.4 Å². The van der Waals surface area contributed by atoms with Crippen molar-refractivity contribution in [2.75, 3.05) is 22.5 Å². The van der Waals surface area contributed by atoms with Gasteiger partial charge in [-0.2, -0.15) is 8.42 Å². The van der Waals surface area contributed by atoms with Gasteiger partial charge in [0.2, 0.25) is 5.78 Å². The van der Waals surface area contributed by atoms with Gasteiger partial charge in [-0.3, -0.25) is 23.8 Å². The first kappa shape index (κ1) is 32.9. The Morgan fingerprint density at radius 2 is 1.53 bits per heavy atom. The normalized spacial score (nSPS) is 18.4. The fourth-order valence-electron chi connectivity index (χ4n) is 6.17. The summed E-state index contributed by atoms with van der Waals surface area (Å²) in [6.45, 7) is 0.268. The molecule has 2 heterocycles. The molecule has 7 rings (SSSR count). The number of hydrogen-bond acceptors (Lipinski definition) is 9. The molecule has 0 bridgehead atoms. The topological polar surface area (TPSA) is 153 Å². The number of nitrogens with one attached hydrogen (secondary N) is 1. The molecular formula is C36H30N2O8S3. The second-order valence-electron chi connectivity index (χ2n) is 11.5. The van der Waals surface area contributed by atoms with Crippen molar-refractivity contribution in [1.82, 2.24) is 0 Å². The number of ketones is 1. The fourth-order valence-corrected chi connectivity index (χ4v) is 9.41. The molecule has 0 radical (unpaired) electrons. The van der Waals surface area contributed by atoms with Crippen molar-refractivity contribution < 1.29 is 36.4 Å². The number of amides is 1. The van der Waals surface area contributed by atoms with Crippen molar-refractivity contribution in [2.24, 2.45) is 0 Å². The van der Waals surface area contributed by atoms with Gasteiger partial charge in [0.1, 0.15) is 4.91 Å². The van der Waals surface area contributed by atoms with E-state index in [1.54, 1.807) is 48.6 Å². The Hall–Kier alpha value is -4.63. The van der Waals surface area contributed by atoms with Crippen molar-refractivity contribution >= 4 is 55.7 Å². The molecule has 10 nitrogen and oxygen atoms in total. The first-order chi connectivity index (χ1) is 23.5. The quantitative estimate of drug-likeness (QED) is 0.103. The summed E-state index contributed by atoms with van der Waals surface area (Å²) < 4.78 is 59.5. The van der Waals surface area contributed by atoms with Gasteiger partial charge in [-0.25, -0.2) is 4.79 Å². The van der Waals surface area contributed by atoms with E-state index in [-0.39, 0.29) is 28.3 Å². The molecule has 0 atom stereocenters. The van der Waals surface area contributed by atoms with Crippen molar-refractivity contribution in [3.63, 3.8) is 0 Å². The monoisotopic (exact) mass is 714 g/mol. The third-order valence-electron chi connectivity index (χ3n) is 8.33. The molecule has 3 aliphatic rings. The van der Waals surface area contributed by atoms with Crippen LogP contribution in [0.1, 0.15) is 34.0 Å². The molecule has 1 aliphatic carbocycles. The summed E-state index contributed by atoms with van der Waals surface area (Å²) in [5, 5.41) is 3.55. The third-order valence-corrected chi connectivity index (χ3v) is 12.2. The minimum atomic E-state index is -4.16. The molecule has 2 aliphatic heterocycles. The lowest BCUT2D eigenvalue weighted by molar-refractivity contribution is 0.104. The molecule has 0 aromatic heterocycles. The maximum Gasteiger partial charge on any atom is 0.412 e. The molecule has 0 fully saturated rings. The highest BCUT2D eigenvalue weighted by Crippen LogP contribution is 2.62. The minimum absolute atomic E-state index is 0.0945. The smallest absolute Gasteiger partial charge is 0.412 e. The predicted molar refractivity (Wildman–Crippen MR) is 192 cm³/mol. The van der Waals surface area contributed by atoms with Crippen molar-refractivity contribution in [1.29, 1.82) is 0 Å². The van der Waals surface area contributed by atoms with E-state index in [9.17, 15) is 31.7 Å². The summed E-state index contributed by atoms with van der Waals surface area (Å²) in [6, 6.07) is 27.4. The number of carbonyl (C=O) groups is 2. The second kappa shape index (κ2) is 13.0. The first-order valence-electron chi connectivity index (χ1n) is 15.2. The summed E-state index contributed by atoms with van der Waals surface area (Å²) >= 11 is 1.38. The van der Waals surface area contributed by atoms with Gasteiger partial charge >= 0.3 is 6.09 Å². The molecule has 4 aromatic carbocycles. The number of benzene rings is 4. The lowest BCUT2D eigenvalue weighted by Crippen LogP contribution is -2.21. The molecular weight excluding hydrogens is 685 g/mol. The number of fused-ring (bicyclic) bond motifs is 5.